The highest BCUT2D eigenvalue weighted by molar-refractivity contribution is 5.90. The Balaban J connectivity index is 1.95. The number of rotatable bonds is 3. The van der Waals surface area contributed by atoms with Gasteiger partial charge >= 0.3 is 12.1 Å². The first-order chi connectivity index (χ1) is 13.8. The molecule has 148 valence electrons. The quantitative estimate of drug-likeness (QED) is 0.523. The molecule has 0 saturated carbocycles. The molecule has 9 nitrogen and oxygen atoms in total. The van der Waals surface area contributed by atoms with Gasteiger partial charge in [0.25, 0.3) is 5.95 Å². The molecule has 0 radical (unpaired) electrons. The Hall–Kier alpha value is -3.96. The number of halogens is 3. The number of anilines is 1. The highest BCUT2D eigenvalue weighted by atomic mass is 19.4. The van der Waals surface area contributed by atoms with Crippen molar-refractivity contribution in [2.24, 2.45) is 0 Å². The van der Waals surface area contributed by atoms with Crippen LogP contribution in [0.1, 0.15) is 16.1 Å². The van der Waals surface area contributed by atoms with Crippen LogP contribution in [0, 0.1) is 0 Å². The summed E-state index contributed by atoms with van der Waals surface area (Å²) >= 11 is 0. The topological polar surface area (TPSA) is 113 Å². The Morgan fingerprint density at radius 1 is 1.21 bits per heavy atom. The number of imidazole rings is 1. The molecule has 0 aliphatic carbocycles. The van der Waals surface area contributed by atoms with E-state index in [9.17, 15) is 18.0 Å². The molecule has 2 N–H and O–H groups in total. The Morgan fingerprint density at radius 2 is 1.93 bits per heavy atom. The van der Waals surface area contributed by atoms with E-state index in [1.165, 1.54) is 54.5 Å². The maximum absolute atomic E-state index is 13.7. The SMILES string of the molecule is COC(=O)c1ccn2c(-c3c(C(F)(F)F)nn(-c4ncccn4)c3N)cnc2c1. The van der Waals surface area contributed by atoms with E-state index < -0.39 is 17.8 Å². The van der Waals surface area contributed by atoms with Gasteiger partial charge < -0.3 is 10.5 Å². The first kappa shape index (κ1) is 18.4. The number of hydrogen-bond donors (Lipinski definition) is 1. The minimum atomic E-state index is -4.79. The molecule has 0 spiro atoms. The molecule has 0 atom stereocenters. The molecule has 4 rings (SSSR count). The fourth-order valence-corrected chi connectivity index (χ4v) is 2.85. The van der Waals surface area contributed by atoms with Gasteiger partial charge in [-0.05, 0) is 18.2 Å². The monoisotopic (exact) mass is 403 g/mol. The summed E-state index contributed by atoms with van der Waals surface area (Å²) in [6, 6.07) is 4.31. The number of methoxy groups -OCH3 is 1. The summed E-state index contributed by atoms with van der Waals surface area (Å²) in [5.41, 5.74) is 4.92. The van der Waals surface area contributed by atoms with Gasteiger partial charge in [0.15, 0.2) is 5.69 Å². The molecule has 0 aromatic carbocycles. The molecule has 4 heterocycles. The molecule has 0 amide bonds. The Morgan fingerprint density at radius 3 is 2.59 bits per heavy atom. The molecule has 0 saturated heterocycles. The van der Waals surface area contributed by atoms with Crippen molar-refractivity contribution >= 4 is 17.4 Å². The zero-order valence-corrected chi connectivity index (χ0v) is 14.8. The molecule has 4 aromatic rings. The Bertz CT molecular complexity index is 1220. The normalized spacial score (nSPS) is 11.7. The van der Waals surface area contributed by atoms with E-state index in [2.05, 4.69) is 24.8 Å². The summed E-state index contributed by atoms with van der Waals surface area (Å²) in [7, 11) is 1.22. The van der Waals surface area contributed by atoms with E-state index in [-0.39, 0.29) is 34.2 Å². The number of carbonyl (C=O) groups is 1. The number of aromatic nitrogens is 6. The van der Waals surface area contributed by atoms with Gasteiger partial charge in [-0.25, -0.2) is 19.7 Å². The lowest BCUT2D eigenvalue weighted by atomic mass is 10.1. The second-order valence-electron chi connectivity index (χ2n) is 5.85. The van der Waals surface area contributed by atoms with E-state index in [0.717, 1.165) is 4.68 Å². The zero-order valence-electron chi connectivity index (χ0n) is 14.8. The molecule has 0 bridgehead atoms. The second kappa shape index (κ2) is 6.58. The number of pyridine rings is 1. The van der Waals surface area contributed by atoms with Crippen LogP contribution in [0.4, 0.5) is 19.0 Å². The van der Waals surface area contributed by atoms with Crippen LogP contribution in [0.15, 0.2) is 43.0 Å². The first-order valence-electron chi connectivity index (χ1n) is 8.10. The number of nitrogens with two attached hydrogens (primary N) is 1. The van der Waals surface area contributed by atoms with E-state index in [0.29, 0.717) is 0 Å². The Kier molecular flexibility index (Phi) is 4.18. The predicted octanol–water partition coefficient (Wildman–Crippen LogP) is 2.36. The third-order valence-electron chi connectivity index (χ3n) is 4.12. The highest BCUT2D eigenvalue weighted by Crippen LogP contribution is 2.40. The minimum Gasteiger partial charge on any atom is -0.465 e. The fraction of sp³-hybridized carbons (Fsp3) is 0.118. The van der Waals surface area contributed by atoms with Gasteiger partial charge in [-0.1, -0.05) is 0 Å². The van der Waals surface area contributed by atoms with Gasteiger partial charge in [-0.2, -0.15) is 23.0 Å². The number of hydrogen-bond acceptors (Lipinski definition) is 7. The van der Waals surface area contributed by atoms with Crippen LogP contribution >= 0.6 is 0 Å². The van der Waals surface area contributed by atoms with Crippen LogP contribution in [0.5, 0.6) is 0 Å². The smallest absolute Gasteiger partial charge is 0.435 e. The summed E-state index contributed by atoms with van der Waals surface area (Å²) in [6.45, 7) is 0. The molecule has 0 aliphatic heterocycles. The Labute approximate surface area is 160 Å². The van der Waals surface area contributed by atoms with Gasteiger partial charge in [0, 0.05) is 18.6 Å². The molecule has 0 unspecified atom stereocenters. The van der Waals surface area contributed by atoms with Crippen molar-refractivity contribution in [1.82, 2.24) is 29.1 Å². The van der Waals surface area contributed by atoms with E-state index >= 15 is 0 Å². The van der Waals surface area contributed by atoms with Gasteiger partial charge in [0.05, 0.1) is 30.1 Å². The zero-order chi connectivity index (χ0) is 20.8. The van der Waals surface area contributed by atoms with Crippen LogP contribution in [0.3, 0.4) is 0 Å². The lowest BCUT2D eigenvalue weighted by molar-refractivity contribution is -0.140. The van der Waals surface area contributed by atoms with Crippen molar-refractivity contribution in [2.75, 3.05) is 12.8 Å². The number of ether oxygens (including phenoxy) is 1. The van der Waals surface area contributed by atoms with E-state index in [1.54, 1.807) is 0 Å². The van der Waals surface area contributed by atoms with Crippen LogP contribution < -0.4 is 5.73 Å². The average molecular weight is 403 g/mol. The van der Waals surface area contributed by atoms with Crippen molar-refractivity contribution in [3.05, 3.63) is 54.2 Å². The van der Waals surface area contributed by atoms with Crippen molar-refractivity contribution in [1.29, 1.82) is 0 Å². The predicted molar refractivity (Wildman–Crippen MR) is 94.1 cm³/mol. The third-order valence-corrected chi connectivity index (χ3v) is 4.12. The van der Waals surface area contributed by atoms with Crippen LogP contribution in [-0.4, -0.2) is 42.2 Å². The van der Waals surface area contributed by atoms with Crippen LogP contribution in [0.2, 0.25) is 0 Å². The molecule has 12 heteroatoms. The summed E-state index contributed by atoms with van der Waals surface area (Å²) < 4.78 is 47.9. The third kappa shape index (κ3) is 3.03. The number of fused-ring (bicyclic) bond motifs is 1. The van der Waals surface area contributed by atoms with Crippen LogP contribution in [-0.2, 0) is 10.9 Å². The van der Waals surface area contributed by atoms with Crippen molar-refractivity contribution < 1.29 is 22.7 Å². The standard InChI is InChI=1S/C17H12F3N7O2/c1-29-15(28)9-3-6-26-10(8-24-11(26)7-9)12-13(17(18,19)20)25-27(14(12)21)16-22-4-2-5-23-16/h2-8H,21H2,1H3. The number of nitrogen functional groups attached to an aromatic ring is 1. The van der Waals surface area contributed by atoms with Gasteiger partial charge in [0.2, 0.25) is 0 Å². The molecule has 29 heavy (non-hydrogen) atoms. The average Bonchev–Trinajstić information content (AvgIpc) is 3.28. The highest BCUT2D eigenvalue weighted by Gasteiger charge is 2.40. The van der Waals surface area contributed by atoms with Crippen molar-refractivity contribution in [3.8, 4) is 17.2 Å². The van der Waals surface area contributed by atoms with Crippen LogP contribution in [0.25, 0.3) is 22.9 Å². The lowest BCUT2D eigenvalue weighted by Crippen LogP contribution is -2.10. The molecular formula is C17H12F3N7O2. The fourth-order valence-electron chi connectivity index (χ4n) is 2.85. The summed E-state index contributed by atoms with van der Waals surface area (Å²) in [4.78, 5) is 23.6. The maximum atomic E-state index is 13.7. The van der Waals surface area contributed by atoms with E-state index in [4.69, 9.17) is 5.73 Å². The largest absolute Gasteiger partial charge is 0.465 e. The summed E-state index contributed by atoms with van der Waals surface area (Å²) in [5, 5.41) is 3.60. The number of carbonyl (C=O) groups excluding carboxylic acids is 1. The van der Waals surface area contributed by atoms with Gasteiger partial charge in [0.1, 0.15) is 11.5 Å². The molecule has 0 aliphatic rings. The summed E-state index contributed by atoms with van der Waals surface area (Å²) in [6.07, 6.45) is 0.548. The summed E-state index contributed by atoms with van der Waals surface area (Å²) in [5.74, 6) is -1.01. The van der Waals surface area contributed by atoms with Gasteiger partial charge in [-0.3, -0.25) is 4.40 Å². The number of nitrogens with zero attached hydrogens (tertiary/aromatic N) is 6. The first-order valence-corrected chi connectivity index (χ1v) is 8.10. The maximum Gasteiger partial charge on any atom is 0.435 e. The molecular weight excluding hydrogens is 391 g/mol. The number of alkyl halides is 3. The van der Waals surface area contributed by atoms with Crippen molar-refractivity contribution in [3.63, 3.8) is 0 Å². The van der Waals surface area contributed by atoms with Gasteiger partial charge in [-0.15, -0.1) is 0 Å². The second-order valence-corrected chi connectivity index (χ2v) is 5.85. The van der Waals surface area contributed by atoms with E-state index in [1.807, 2.05) is 0 Å². The number of esters is 1. The molecule has 4 aromatic heterocycles. The minimum absolute atomic E-state index is 0.0448. The lowest BCUT2D eigenvalue weighted by Gasteiger charge is -2.07. The molecule has 0 fully saturated rings. The van der Waals surface area contributed by atoms with Crippen molar-refractivity contribution in [2.45, 2.75) is 6.18 Å².